The van der Waals surface area contributed by atoms with E-state index >= 15 is 0 Å². The first-order chi connectivity index (χ1) is 14.2. The summed E-state index contributed by atoms with van der Waals surface area (Å²) in [6.07, 6.45) is 9.70. The van der Waals surface area contributed by atoms with Gasteiger partial charge in [-0.2, -0.15) is 0 Å². The highest BCUT2D eigenvalue weighted by Gasteiger charge is 2.41. The maximum atomic E-state index is 12.4. The summed E-state index contributed by atoms with van der Waals surface area (Å²) in [7, 11) is 0. The van der Waals surface area contributed by atoms with Gasteiger partial charge in [0.2, 0.25) is 11.8 Å². The van der Waals surface area contributed by atoms with Crippen molar-refractivity contribution in [1.29, 1.82) is 0 Å². The van der Waals surface area contributed by atoms with Crippen LogP contribution in [0.15, 0.2) is 47.2 Å². The van der Waals surface area contributed by atoms with Crippen molar-refractivity contribution in [2.45, 2.75) is 46.1 Å². The minimum atomic E-state index is -0.0764. The molecule has 0 bridgehead atoms. The molecular weight excluding hydrogens is 412 g/mol. The van der Waals surface area contributed by atoms with Gasteiger partial charge in [0.05, 0.1) is 0 Å². The van der Waals surface area contributed by atoms with E-state index in [4.69, 9.17) is 0 Å². The molecule has 1 fully saturated rings. The number of carbonyl (C=O) groups excluding carboxylic acids is 2. The summed E-state index contributed by atoms with van der Waals surface area (Å²) in [4.78, 5) is 26.8. The smallest absolute Gasteiger partial charge is 0.244 e. The molecule has 1 aliphatic rings. The first kappa shape index (κ1) is 22.5. The van der Waals surface area contributed by atoms with Crippen molar-refractivity contribution in [3.05, 3.63) is 56.9 Å². The second-order valence-electron chi connectivity index (χ2n) is 9.18. The summed E-state index contributed by atoms with van der Waals surface area (Å²) in [6.45, 7) is 7.28. The van der Waals surface area contributed by atoms with Crippen molar-refractivity contribution in [3.8, 4) is 0 Å². The average Bonchev–Trinajstić information content (AvgIpc) is 3.35. The standard InChI is InChI=1S/C24H30N2O2S2/c1-23(2)14-18(26-22(28)11-9-20-7-5-13-30-20)15-24(3,16-23)17-25-21(27)10-8-19-6-4-12-29-19/h4-13,18H,14-17H2,1-3H3,(H,25,27)(H,26,28)/b10-8+,11-9+. The number of rotatable bonds is 7. The number of amides is 2. The Morgan fingerprint density at radius 2 is 1.60 bits per heavy atom. The molecular formula is C24H30N2O2S2. The number of hydrogen-bond acceptors (Lipinski definition) is 4. The Hall–Kier alpha value is -2.18. The minimum Gasteiger partial charge on any atom is -0.352 e. The molecule has 2 unspecified atom stereocenters. The van der Waals surface area contributed by atoms with Crippen LogP contribution in [0.5, 0.6) is 0 Å². The molecule has 2 atom stereocenters. The van der Waals surface area contributed by atoms with E-state index in [1.54, 1.807) is 34.8 Å². The second kappa shape index (κ2) is 9.75. The zero-order chi connectivity index (χ0) is 21.6. The Morgan fingerprint density at radius 3 is 2.17 bits per heavy atom. The van der Waals surface area contributed by atoms with Crippen LogP contribution in [0.1, 0.15) is 49.8 Å². The quantitative estimate of drug-likeness (QED) is 0.568. The van der Waals surface area contributed by atoms with Crippen LogP contribution in [0.25, 0.3) is 12.2 Å². The van der Waals surface area contributed by atoms with Crippen LogP contribution in [0.3, 0.4) is 0 Å². The van der Waals surface area contributed by atoms with E-state index in [1.807, 2.05) is 47.2 Å². The van der Waals surface area contributed by atoms with Crippen LogP contribution in [-0.4, -0.2) is 24.4 Å². The Balaban J connectivity index is 1.55. The third kappa shape index (κ3) is 6.96. The summed E-state index contributed by atoms with van der Waals surface area (Å²) in [6, 6.07) is 8.01. The van der Waals surface area contributed by atoms with Gasteiger partial charge in [-0.05, 0) is 65.1 Å². The first-order valence-corrected chi connectivity index (χ1v) is 12.0. The summed E-state index contributed by atoms with van der Waals surface area (Å²) in [5.74, 6) is -0.135. The molecule has 3 rings (SSSR count). The van der Waals surface area contributed by atoms with Gasteiger partial charge in [-0.15, -0.1) is 22.7 Å². The molecule has 2 aromatic rings. The van der Waals surface area contributed by atoms with E-state index in [0.29, 0.717) is 6.54 Å². The topological polar surface area (TPSA) is 58.2 Å². The summed E-state index contributed by atoms with van der Waals surface area (Å²) in [5, 5.41) is 10.2. The van der Waals surface area contributed by atoms with Crippen LogP contribution in [0.4, 0.5) is 0 Å². The van der Waals surface area contributed by atoms with E-state index in [9.17, 15) is 9.59 Å². The average molecular weight is 443 g/mol. The molecule has 6 heteroatoms. The molecule has 1 saturated carbocycles. The van der Waals surface area contributed by atoms with E-state index in [0.717, 1.165) is 29.0 Å². The molecule has 30 heavy (non-hydrogen) atoms. The zero-order valence-corrected chi connectivity index (χ0v) is 19.4. The van der Waals surface area contributed by atoms with Gasteiger partial charge in [-0.3, -0.25) is 9.59 Å². The van der Waals surface area contributed by atoms with Crippen LogP contribution < -0.4 is 10.6 Å². The molecule has 2 N–H and O–H groups in total. The molecule has 0 aromatic carbocycles. The Labute approximate surface area is 187 Å². The maximum Gasteiger partial charge on any atom is 0.244 e. The monoisotopic (exact) mass is 442 g/mol. The lowest BCUT2D eigenvalue weighted by Gasteiger charge is -2.46. The van der Waals surface area contributed by atoms with Crippen molar-refractivity contribution >= 4 is 46.6 Å². The molecule has 0 aliphatic heterocycles. The van der Waals surface area contributed by atoms with E-state index in [-0.39, 0.29) is 28.7 Å². The predicted octanol–water partition coefficient (Wildman–Crippen LogP) is 5.35. The highest BCUT2D eigenvalue weighted by molar-refractivity contribution is 7.11. The number of hydrogen-bond donors (Lipinski definition) is 2. The summed E-state index contributed by atoms with van der Waals surface area (Å²) in [5.41, 5.74) is 0.0313. The van der Waals surface area contributed by atoms with Crippen molar-refractivity contribution < 1.29 is 9.59 Å². The molecule has 2 heterocycles. The molecule has 0 saturated heterocycles. The normalized spacial score (nSPS) is 23.6. The van der Waals surface area contributed by atoms with Gasteiger partial charge in [0.15, 0.2) is 0 Å². The molecule has 4 nitrogen and oxygen atoms in total. The van der Waals surface area contributed by atoms with Gasteiger partial charge >= 0.3 is 0 Å². The minimum absolute atomic E-state index is 0.0589. The number of thiophene rings is 2. The molecule has 2 aromatic heterocycles. The van der Waals surface area contributed by atoms with Crippen molar-refractivity contribution in [3.63, 3.8) is 0 Å². The van der Waals surface area contributed by atoms with Crippen LogP contribution in [-0.2, 0) is 9.59 Å². The lowest BCUT2D eigenvalue weighted by molar-refractivity contribution is -0.119. The summed E-state index contributed by atoms with van der Waals surface area (Å²) < 4.78 is 0. The Kier molecular flexibility index (Phi) is 7.32. The molecule has 1 aliphatic carbocycles. The van der Waals surface area contributed by atoms with Crippen LogP contribution >= 0.6 is 22.7 Å². The third-order valence-electron chi connectivity index (χ3n) is 5.36. The molecule has 0 spiro atoms. The largest absolute Gasteiger partial charge is 0.352 e. The SMILES string of the molecule is CC1(C)CC(NC(=O)/C=C/c2cccs2)CC(C)(CNC(=O)/C=C/c2cccs2)C1. The molecule has 2 amide bonds. The lowest BCUT2D eigenvalue weighted by Crippen LogP contribution is -2.50. The fourth-order valence-corrected chi connectivity index (χ4v) is 5.80. The highest BCUT2D eigenvalue weighted by Crippen LogP contribution is 2.45. The maximum absolute atomic E-state index is 12.4. The summed E-state index contributed by atoms with van der Waals surface area (Å²) >= 11 is 3.22. The first-order valence-electron chi connectivity index (χ1n) is 10.2. The number of nitrogens with one attached hydrogen (secondary N) is 2. The van der Waals surface area contributed by atoms with Gasteiger partial charge in [-0.1, -0.05) is 32.9 Å². The van der Waals surface area contributed by atoms with Gasteiger partial charge in [0.1, 0.15) is 0 Å². The van der Waals surface area contributed by atoms with E-state index < -0.39 is 0 Å². The fraction of sp³-hybridized carbons (Fsp3) is 0.417. The van der Waals surface area contributed by atoms with E-state index in [1.165, 1.54) is 0 Å². The second-order valence-corrected chi connectivity index (χ2v) is 11.1. The van der Waals surface area contributed by atoms with Crippen LogP contribution in [0.2, 0.25) is 0 Å². The third-order valence-corrected chi connectivity index (χ3v) is 7.04. The van der Waals surface area contributed by atoms with Crippen LogP contribution in [0, 0.1) is 10.8 Å². The van der Waals surface area contributed by atoms with Gasteiger partial charge in [0, 0.05) is 34.5 Å². The van der Waals surface area contributed by atoms with Gasteiger partial charge < -0.3 is 10.6 Å². The van der Waals surface area contributed by atoms with Crippen molar-refractivity contribution in [1.82, 2.24) is 10.6 Å². The molecule has 0 radical (unpaired) electrons. The fourth-order valence-electron chi connectivity index (χ4n) is 4.57. The van der Waals surface area contributed by atoms with Crippen molar-refractivity contribution in [2.75, 3.05) is 6.54 Å². The number of carbonyl (C=O) groups is 2. The Morgan fingerprint density at radius 1 is 1.00 bits per heavy atom. The predicted molar refractivity (Wildman–Crippen MR) is 127 cm³/mol. The molecule has 160 valence electrons. The lowest BCUT2D eigenvalue weighted by atomic mass is 9.62. The Bertz CT molecular complexity index is 898. The highest BCUT2D eigenvalue weighted by atomic mass is 32.1. The zero-order valence-electron chi connectivity index (χ0n) is 17.8. The van der Waals surface area contributed by atoms with Crippen molar-refractivity contribution in [2.24, 2.45) is 10.8 Å². The van der Waals surface area contributed by atoms with Gasteiger partial charge in [0.25, 0.3) is 0 Å². The van der Waals surface area contributed by atoms with Gasteiger partial charge in [-0.25, -0.2) is 0 Å². The van der Waals surface area contributed by atoms with E-state index in [2.05, 4.69) is 31.4 Å².